The highest BCUT2D eigenvalue weighted by atomic mass is 35.5. The number of anilines is 1. The van der Waals surface area contributed by atoms with Gasteiger partial charge in [0.15, 0.2) is 0 Å². The lowest BCUT2D eigenvalue weighted by molar-refractivity contribution is 0.437. The highest BCUT2D eigenvalue weighted by Crippen LogP contribution is 2.23. The quantitative estimate of drug-likeness (QED) is 0.814. The van der Waals surface area contributed by atoms with E-state index in [1.807, 2.05) is 0 Å². The Morgan fingerprint density at radius 3 is 2.50 bits per heavy atom. The fourth-order valence-electron chi connectivity index (χ4n) is 1.78. The highest BCUT2D eigenvalue weighted by Gasteiger charge is 2.15. The average Bonchev–Trinajstić information content (AvgIpc) is 2.25. The normalized spacial score (nSPS) is 12.9. The summed E-state index contributed by atoms with van der Waals surface area (Å²) >= 11 is 11.7. The molecule has 1 unspecified atom stereocenters. The fourth-order valence-corrected chi connectivity index (χ4v) is 2.06. The summed E-state index contributed by atoms with van der Waals surface area (Å²) in [6, 6.07) is 0.318. The van der Waals surface area contributed by atoms with Crippen LogP contribution in [0, 0.1) is 5.92 Å². The Bertz CT molecular complexity index is 340. The van der Waals surface area contributed by atoms with Gasteiger partial charge in [-0.05, 0) is 24.4 Å². The zero-order chi connectivity index (χ0) is 12.1. The zero-order valence-corrected chi connectivity index (χ0v) is 11.3. The first-order chi connectivity index (χ1) is 7.58. The molecule has 0 aliphatic heterocycles. The molecule has 1 aromatic rings. The van der Waals surface area contributed by atoms with Crippen LogP contribution in [0.1, 0.15) is 33.6 Å². The van der Waals surface area contributed by atoms with Gasteiger partial charge in [-0.1, -0.05) is 38.3 Å². The van der Waals surface area contributed by atoms with Gasteiger partial charge in [0, 0.05) is 6.04 Å². The van der Waals surface area contributed by atoms with Gasteiger partial charge in [0.2, 0.25) is 5.28 Å². The van der Waals surface area contributed by atoms with Crippen LogP contribution >= 0.6 is 23.2 Å². The van der Waals surface area contributed by atoms with Crippen LogP contribution in [0.3, 0.4) is 0 Å². The number of nitrogens with zero attached hydrogens (tertiary/aromatic N) is 2. The Kier molecular flexibility index (Phi) is 5.29. The standard InChI is InChI=1S/C11H17Cl2N3/c1-4-8(5-2)7(3)15-10-9(12)6-14-11(13)16-10/h6-8H,4-5H2,1-3H3,(H,14,15,16). The molecule has 90 valence electrons. The predicted molar refractivity (Wildman–Crippen MR) is 69.2 cm³/mol. The van der Waals surface area contributed by atoms with E-state index in [1.165, 1.54) is 6.20 Å². The second kappa shape index (κ2) is 6.26. The Hall–Kier alpha value is -0.540. The molecular weight excluding hydrogens is 245 g/mol. The molecule has 0 bridgehead atoms. The van der Waals surface area contributed by atoms with Crippen LogP contribution in [0.15, 0.2) is 6.20 Å². The van der Waals surface area contributed by atoms with Crippen LogP contribution in [-0.2, 0) is 0 Å². The van der Waals surface area contributed by atoms with Crippen molar-refractivity contribution in [3.63, 3.8) is 0 Å². The van der Waals surface area contributed by atoms with Crippen molar-refractivity contribution < 1.29 is 0 Å². The summed E-state index contributed by atoms with van der Waals surface area (Å²) in [6.07, 6.45) is 3.76. The first kappa shape index (κ1) is 13.5. The molecule has 1 heterocycles. The summed E-state index contributed by atoms with van der Waals surface area (Å²) in [7, 11) is 0. The molecule has 0 spiro atoms. The minimum atomic E-state index is 0.212. The lowest BCUT2D eigenvalue weighted by atomic mass is 9.95. The summed E-state index contributed by atoms with van der Waals surface area (Å²) in [6.45, 7) is 6.49. The molecule has 1 rings (SSSR count). The molecule has 0 saturated heterocycles. The van der Waals surface area contributed by atoms with E-state index < -0.39 is 0 Å². The third kappa shape index (κ3) is 3.49. The maximum absolute atomic E-state index is 5.99. The first-order valence-electron chi connectivity index (χ1n) is 5.53. The van der Waals surface area contributed by atoms with E-state index in [2.05, 4.69) is 36.1 Å². The van der Waals surface area contributed by atoms with E-state index in [0.717, 1.165) is 12.8 Å². The Morgan fingerprint density at radius 1 is 1.31 bits per heavy atom. The Balaban J connectivity index is 2.75. The summed E-state index contributed by atoms with van der Waals surface area (Å²) in [5.74, 6) is 1.21. The SMILES string of the molecule is CCC(CC)C(C)Nc1nc(Cl)ncc1Cl. The fraction of sp³-hybridized carbons (Fsp3) is 0.636. The van der Waals surface area contributed by atoms with Gasteiger partial charge in [0.1, 0.15) is 10.8 Å². The molecular formula is C11H17Cl2N3. The monoisotopic (exact) mass is 261 g/mol. The van der Waals surface area contributed by atoms with Crippen LogP contribution in [0.5, 0.6) is 0 Å². The van der Waals surface area contributed by atoms with Crippen molar-refractivity contribution in [2.75, 3.05) is 5.32 Å². The van der Waals surface area contributed by atoms with Crippen LogP contribution in [0.25, 0.3) is 0 Å². The minimum absolute atomic E-state index is 0.212. The molecule has 0 radical (unpaired) electrons. The third-order valence-corrected chi connectivity index (χ3v) is 3.29. The number of hydrogen-bond acceptors (Lipinski definition) is 3. The third-order valence-electron chi connectivity index (χ3n) is 2.83. The summed E-state index contributed by atoms with van der Waals surface area (Å²) in [4.78, 5) is 7.89. The maximum atomic E-state index is 5.99. The molecule has 0 saturated carbocycles. The van der Waals surface area contributed by atoms with Gasteiger partial charge in [-0.15, -0.1) is 0 Å². The van der Waals surface area contributed by atoms with Gasteiger partial charge in [0.05, 0.1) is 6.20 Å². The summed E-state index contributed by atoms with van der Waals surface area (Å²) in [5.41, 5.74) is 0. The average molecular weight is 262 g/mol. The first-order valence-corrected chi connectivity index (χ1v) is 6.28. The van der Waals surface area contributed by atoms with Crippen molar-refractivity contribution in [1.29, 1.82) is 0 Å². The molecule has 16 heavy (non-hydrogen) atoms. The second-order valence-corrected chi connectivity index (χ2v) is 4.59. The van der Waals surface area contributed by atoms with Crippen molar-refractivity contribution in [2.45, 2.75) is 39.7 Å². The van der Waals surface area contributed by atoms with Gasteiger partial charge in [-0.25, -0.2) is 4.98 Å². The second-order valence-electron chi connectivity index (χ2n) is 3.85. The van der Waals surface area contributed by atoms with Crippen LogP contribution in [0.2, 0.25) is 10.3 Å². The molecule has 1 aromatic heterocycles. The van der Waals surface area contributed by atoms with Crippen molar-refractivity contribution in [3.8, 4) is 0 Å². The van der Waals surface area contributed by atoms with E-state index >= 15 is 0 Å². The number of rotatable bonds is 5. The lowest BCUT2D eigenvalue weighted by Gasteiger charge is -2.23. The Labute approximate surface area is 107 Å². The molecule has 5 heteroatoms. The van der Waals surface area contributed by atoms with Crippen molar-refractivity contribution >= 4 is 29.0 Å². The zero-order valence-electron chi connectivity index (χ0n) is 9.80. The van der Waals surface area contributed by atoms with E-state index in [0.29, 0.717) is 22.8 Å². The maximum Gasteiger partial charge on any atom is 0.224 e. The number of hydrogen-bond donors (Lipinski definition) is 1. The van der Waals surface area contributed by atoms with Crippen molar-refractivity contribution in [3.05, 3.63) is 16.5 Å². The lowest BCUT2D eigenvalue weighted by Crippen LogP contribution is -2.25. The summed E-state index contributed by atoms with van der Waals surface area (Å²) in [5, 5.41) is 4.00. The molecule has 0 fully saturated rings. The van der Waals surface area contributed by atoms with E-state index in [1.54, 1.807) is 0 Å². The van der Waals surface area contributed by atoms with Crippen molar-refractivity contribution in [2.24, 2.45) is 5.92 Å². The predicted octanol–water partition coefficient (Wildman–Crippen LogP) is 4.02. The van der Waals surface area contributed by atoms with Crippen LogP contribution in [-0.4, -0.2) is 16.0 Å². The molecule has 0 aliphatic carbocycles. The van der Waals surface area contributed by atoms with Gasteiger partial charge >= 0.3 is 0 Å². The van der Waals surface area contributed by atoms with Crippen LogP contribution < -0.4 is 5.32 Å². The van der Waals surface area contributed by atoms with Crippen molar-refractivity contribution in [1.82, 2.24) is 9.97 Å². The molecule has 1 N–H and O–H groups in total. The van der Waals surface area contributed by atoms with Gasteiger partial charge < -0.3 is 5.32 Å². The van der Waals surface area contributed by atoms with Gasteiger partial charge in [0.25, 0.3) is 0 Å². The van der Waals surface area contributed by atoms with E-state index in [4.69, 9.17) is 23.2 Å². The largest absolute Gasteiger partial charge is 0.366 e. The van der Waals surface area contributed by atoms with E-state index in [9.17, 15) is 0 Å². The topological polar surface area (TPSA) is 37.8 Å². The highest BCUT2D eigenvalue weighted by molar-refractivity contribution is 6.33. The molecule has 0 aromatic carbocycles. The van der Waals surface area contributed by atoms with E-state index in [-0.39, 0.29) is 5.28 Å². The van der Waals surface area contributed by atoms with Gasteiger partial charge in [-0.3, -0.25) is 0 Å². The Morgan fingerprint density at radius 2 is 1.94 bits per heavy atom. The molecule has 0 aliphatic rings. The number of aromatic nitrogens is 2. The smallest absolute Gasteiger partial charge is 0.224 e. The summed E-state index contributed by atoms with van der Waals surface area (Å²) < 4.78 is 0. The minimum Gasteiger partial charge on any atom is -0.366 e. The molecule has 1 atom stereocenters. The number of nitrogens with one attached hydrogen (secondary N) is 1. The van der Waals surface area contributed by atoms with Crippen LogP contribution in [0.4, 0.5) is 5.82 Å². The van der Waals surface area contributed by atoms with Gasteiger partial charge in [-0.2, -0.15) is 4.98 Å². The molecule has 0 amide bonds. The molecule has 3 nitrogen and oxygen atoms in total. The number of halogens is 2.